The van der Waals surface area contributed by atoms with Crippen LogP contribution in [0.5, 0.6) is 0 Å². The van der Waals surface area contributed by atoms with Crippen molar-refractivity contribution in [3.8, 4) is 11.8 Å². The van der Waals surface area contributed by atoms with Gasteiger partial charge < -0.3 is 27.0 Å². The molecule has 0 saturated heterocycles. The Kier molecular flexibility index (Phi) is 10.9. The molecule has 35 heavy (non-hydrogen) atoms. The summed E-state index contributed by atoms with van der Waals surface area (Å²) < 4.78 is 0. The van der Waals surface area contributed by atoms with Crippen LogP contribution in [-0.4, -0.2) is 61.1 Å². The first-order valence-corrected chi connectivity index (χ1v) is 10.7. The van der Waals surface area contributed by atoms with Crippen molar-refractivity contribution in [2.45, 2.75) is 13.0 Å². The lowest BCUT2D eigenvalue weighted by Crippen LogP contribution is -2.50. The molecule has 2 aromatic rings. The SMILES string of the molecule is CC(=O)NCCNCC(=O)Nc1ccc(C#Cc2ccc(C(=O)N[C@@H](CN)C(=O)NO)cc2)cc1. The average molecular weight is 481 g/mol. The van der Waals surface area contributed by atoms with Gasteiger partial charge in [0.05, 0.1) is 6.54 Å². The minimum atomic E-state index is -1.05. The van der Waals surface area contributed by atoms with E-state index in [4.69, 9.17) is 10.9 Å². The lowest BCUT2D eigenvalue weighted by Gasteiger charge is -2.14. The van der Waals surface area contributed by atoms with Crippen LogP contribution in [0, 0.1) is 11.8 Å². The predicted molar refractivity (Wildman–Crippen MR) is 129 cm³/mol. The molecule has 1 atom stereocenters. The second kappa shape index (κ2) is 14.1. The van der Waals surface area contributed by atoms with Gasteiger partial charge in [0.2, 0.25) is 11.8 Å². The van der Waals surface area contributed by atoms with E-state index in [1.54, 1.807) is 48.5 Å². The average Bonchev–Trinajstić information content (AvgIpc) is 2.86. The minimum Gasteiger partial charge on any atom is -0.355 e. The summed E-state index contributed by atoms with van der Waals surface area (Å²) in [5, 5.41) is 19.4. The van der Waals surface area contributed by atoms with Crippen LogP contribution < -0.4 is 32.5 Å². The third kappa shape index (κ3) is 9.65. The number of hydroxylamine groups is 1. The van der Waals surface area contributed by atoms with Gasteiger partial charge in [0, 0.05) is 48.9 Å². The van der Waals surface area contributed by atoms with Crippen LogP contribution in [-0.2, 0) is 14.4 Å². The number of anilines is 1. The Morgan fingerprint density at radius 2 is 1.54 bits per heavy atom. The quantitative estimate of drug-likeness (QED) is 0.102. The van der Waals surface area contributed by atoms with E-state index in [-0.39, 0.29) is 24.9 Å². The number of carbonyl (C=O) groups is 4. The molecule has 2 aromatic carbocycles. The summed E-state index contributed by atoms with van der Waals surface area (Å²) in [4.78, 5) is 46.4. The summed E-state index contributed by atoms with van der Waals surface area (Å²) in [6.07, 6.45) is 0. The number of nitrogens with two attached hydrogens (primary N) is 1. The number of benzene rings is 2. The molecule has 0 fully saturated rings. The van der Waals surface area contributed by atoms with Gasteiger partial charge >= 0.3 is 0 Å². The van der Waals surface area contributed by atoms with Crippen molar-refractivity contribution in [1.82, 2.24) is 21.4 Å². The van der Waals surface area contributed by atoms with Crippen LogP contribution >= 0.6 is 0 Å². The number of nitrogens with one attached hydrogen (secondary N) is 5. The van der Waals surface area contributed by atoms with Gasteiger partial charge in [0.15, 0.2) is 0 Å². The molecule has 0 radical (unpaired) electrons. The number of hydrogen-bond donors (Lipinski definition) is 7. The molecular formula is C24H28N6O5. The van der Waals surface area contributed by atoms with Gasteiger partial charge in [-0.05, 0) is 48.5 Å². The Labute approximate surface area is 202 Å². The molecule has 11 nitrogen and oxygen atoms in total. The lowest BCUT2D eigenvalue weighted by atomic mass is 10.1. The third-order valence-electron chi connectivity index (χ3n) is 4.60. The van der Waals surface area contributed by atoms with E-state index >= 15 is 0 Å². The van der Waals surface area contributed by atoms with Gasteiger partial charge in [-0.2, -0.15) is 0 Å². The molecule has 0 aliphatic rings. The van der Waals surface area contributed by atoms with Crippen molar-refractivity contribution in [2.75, 3.05) is 31.5 Å². The van der Waals surface area contributed by atoms with E-state index in [0.29, 0.717) is 29.9 Å². The molecule has 2 rings (SSSR count). The molecule has 0 aliphatic carbocycles. The first kappa shape index (κ1) is 27.0. The van der Waals surface area contributed by atoms with Crippen molar-refractivity contribution in [3.63, 3.8) is 0 Å². The zero-order chi connectivity index (χ0) is 25.6. The van der Waals surface area contributed by atoms with Gasteiger partial charge in [-0.25, -0.2) is 5.48 Å². The van der Waals surface area contributed by atoms with Crippen LogP contribution in [0.2, 0.25) is 0 Å². The maximum Gasteiger partial charge on any atom is 0.267 e. The molecule has 8 N–H and O–H groups in total. The fourth-order valence-corrected chi connectivity index (χ4v) is 2.77. The third-order valence-corrected chi connectivity index (χ3v) is 4.60. The molecular weight excluding hydrogens is 452 g/mol. The van der Waals surface area contributed by atoms with Crippen molar-refractivity contribution in [3.05, 3.63) is 65.2 Å². The smallest absolute Gasteiger partial charge is 0.267 e. The molecule has 0 spiro atoms. The zero-order valence-corrected chi connectivity index (χ0v) is 19.2. The summed E-state index contributed by atoms with van der Waals surface area (Å²) in [6.45, 7) is 2.32. The van der Waals surface area contributed by atoms with Crippen molar-refractivity contribution >= 4 is 29.3 Å². The first-order valence-electron chi connectivity index (χ1n) is 10.7. The Hall–Kier alpha value is -4.24. The summed E-state index contributed by atoms with van der Waals surface area (Å²) in [5.74, 6) is 4.36. The van der Waals surface area contributed by atoms with E-state index in [9.17, 15) is 19.2 Å². The summed E-state index contributed by atoms with van der Waals surface area (Å²) >= 11 is 0. The highest BCUT2D eigenvalue weighted by atomic mass is 16.5. The fraction of sp³-hybridized carbons (Fsp3) is 0.250. The maximum absolute atomic E-state index is 12.2. The van der Waals surface area contributed by atoms with Gasteiger partial charge in [-0.3, -0.25) is 24.4 Å². The van der Waals surface area contributed by atoms with Crippen molar-refractivity contribution < 1.29 is 24.4 Å². The van der Waals surface area contributed by atoms with Crippen molar-refractivity contribution in [1.29, 1.82) is 0 Å². The Morgan fingerprint density at radius 3 is 2.09 bits per heavy atom. The normalized spacial score (nSPS) is 10.8. The molecule has 0 heterocycles. The topological polar surface area (TPSA) is 175 Å². The monoisotopic (exact) mass is 480 g/mol. The standard InChI is InChI=1S/C24H28N6O5/c1-16(31)27-13-12-26-15-22(32)28-20-10-6-18(7-11-20)3-2-17-4-8-19(9-5-17)23(33)29-21(14-25)24(34)30-35/h4-11,21,26,35H,12-15,25H2,1H3,(H,27,31)(H,28,32)(H,29,33)(H,30,34)/t21-/m0/s1. The van der Waals surface area contributed by atoms with Crippen molar-refractivity contribution in [2.24, 2.45) is 5.73 Å². The maximum atomic E-state index is 12.2. The van der Waals surface area contributed by atoms with Crippen LogP contribution in [0.3, 0.4) is 0 Å². The van der Waals surface area contributed by atoms with Gasteiger partial charge in [0.25, 0.3) is 11.8 Å². The molecule has 4 amide bonds. The molecule has 0 aromatic heterocycles. The highest BCUT2D eigenvalue weighted by molar-refractivity contribution is 5.97. The van der Waals surface area contributed by atoms with E-state index < -0.39 is 17.9 Å². The second-order valence-electron chi connectivity index (χ2n) is 7.35. The van der Waals surface area contributed by atoms with E-state index in [2.05, 4.69) is 33.1 Å². The number of hydrogen-bond acceptors (Lipinski definition) is 7. The van der Waals surface area contributed by atoms with Crippen LogP contribution in [0.25, 0.3) is 0 Å². The largest absolute Gasteiger partial charge is 0.355 e. The Morgan fingerprint density at radius 1 is 0.943 bits per heavy atom. The number of rotatable bonds is 10. The van der Waals surface area contributed by atoms with Crippen LogP contribution in [0.4, 0.5) is 5.69 Å². The molecule has 0 saturated carbocycles. The lowest BCUT2D eigenvalue weighted by molar-refractivity contribution is -0.131. The number of carbonyl (C=O) groups excluding carboxylic acids is 4. The first-order chi connectivity index (χ1) is 16.8. The van der Waals surface area contributed by atoms with E-state index in [1.807, 2.05) is 0 Å². The molecule has 11 heteroatoms. The van der Waals surface area contributed by atoms with Crippen LogP contribution in [0.15, 0.2) is 48.5 Å². The van der Waals surface area contributed by atoms with E-state index in [1.165, 1.54) is 12.4 Å². The minimum absolute atomic E-state index is 0.119. The second-order valence-corrected chi connectivity index (χ2v) is 7.35. The highest BCUT2D eigenvalue weighted by Crippen LogP contribution is 2.09. The fourth-order valence-electron chi connectivity index (χ4n) is 2.77. The van der Waals surface area contributed by atoms with Gasteiger partial charge in [-0.15, -0.1) is 0 Å². The predicted octanol–water partition coefficient (Wildman–Crippen LogP) is -0.687. The molecule has 184 valence electrons. The molecule has 0 aliphatic heterocycles. The highest BCUT2D eigenvalue weighted by Gasteiger charge is 2.19. The molecule has 0 unspecified atom stereocenters. The summed E-state index contributed by atoms with van der Waals surface area (Å²) in [6, 6.07) is 12.4. The summed E-state index contributed by atoms with van der Waals surface area (Å²) in [5.41, 5.74) is 9.23. The van der Waals surface area contributed by atoms with Gasteiger partial charge in [-0.1, -0.05) is 11.8 Å². The Bertz CT molecular complexity index is 1090. The zero-order valence-electron chi connectivity index (χ0n) is 19.2. The number of amides is 4. The molecule has 0 bridgehead atoms. The van der Waals surface area contributed by atoms with E-state index in [0.717, 1.165) is 5.56 Å². The summed E-state index contributed by atoms with van der Waals surface area (Å²) in [7, 11) is 0. The van der Waals surface area contributed by atoms with Gasteiger partial charge in [0.1, 0.15) is 6.04 Å². The van der Waals surface area contributed by atoms with Crippen LogP contribution in [0.1, 0.15) is 28.4 Å². The Balaban J connectivity index is 1.86.